The van der Waals surface area contributed by atoms with Gasteiger partial charge in [-0.2, -0.15) is 0 Å². The molecule has 2 aliphatic rings. The van der Waals surface area contributed by atoms with E-state index in [0.29, 0.717) is 30.7 Å². The number of methoxy groups -OCH3 is 2. The summed E-state index contributed by atoms with van der Waals surface area (Å²) in [6.07, 6.45) is 7.28. The van der Waals surface area contributed by atoms with E-state index in [4.69, 9.17) is 35.8 Å². The Morgan fingerprint density at radius 2 is 1.12 bits per heavy atom. The molecule has 4 N–H and O–H groups in total. The standard InChI is InChI=1S/C18H30NO2.C15H23NO2.HI/c1-19(2,3)14-17(18(20)12-6-5-7-13-18)15-8-10-16(21-4)11-9-15;1-18-13-7-5-12(6-8-13)14(11-16)15(17)9-3-2-4-10-15;/h8-11,17,20H,5-7,12-14H2,1-4H3;5-8,14,17H,2-4,9-11,16H2,1H3;1H/q+1;;/p-1/i1D3,2D3,3D3,4D3;1D3;. The highest BCUT2D eigenvalue weighted by molar-refractivity contribution is 5.32. The van der Waals surface area contributed by atoms with Crippen molar-refractivity contribution in [2.45, 2.75) is 87.2 Å². The maximum atomic E-state index is 11.5. The monoisotopic (exact) mass is 683 g/mol. The summed E-state index contributed by atoms with van der Waals surface area (Å²) in [6, 6.07) is 12.3. The number of nitrogens with zero attached hydrogens (tertiary/aromatic N) is 1. The van der Waals surface area contributed by atoms with Gasteiger partial charge in [-0.1, -0.05) is 62.8 Å². The van der Waals surface area contributed by atoms with Crippen molar-refractivity contribution < 1.29 is 68.7 Å². The van der Waals surface area contributed by atoms with Crippen LogP contribution in [0.4, 0.5) is 0 Å². The molecule has 0 saturated heterocycles. The molecule has 7 heteroatoms. The van der Waals surface area contributed by atoms with Crippen LogP contribution in [0.3, 0.4) is 0 Å². The predicted octanol–water partition coefficient (Wildman–Crippen LogP) is 2.62. The van der Waals surface area contributed by atoms with Crippen LogP contribution in [-0.2, 0) is 0 Å². The second-order valence-corrected chi connectivity index (χ2v) is 11.0. The molecule has 2 aromatic carbocycles. The minimum absolute atomic E-state index is 0. The fourth-order valence-corrected chi connectivity index (χ4v) is 6.09. The molecule has 0 spiro atoms. The number of aliphatic hydroxyl groups is 2. The highest BCUT2D eigenvalue weighted by Crippen LogP contribution is 2.41. The molecule has 0 amide bonds. The second kappa shape index (κ2) is 15.7. The Morgan fingerprint density at radius 1 is 0.725 bits per heavy atom. The zero-order valence-corrected chi connectivity index (χ0v) is 25.0. The Labute approximate surface area is 280 Å². The van der Waals surface area contributed by atoms with Crippen molar-refractivity contribution >= 4 is 0 Å². The molecule has 226 valence electrons. The summed E-state index contributed by atoms with van der Waals surface area (Å²) in [6.45, 7) is -10.8. The highest BCUT2D eigenvalue weighted by atomic mass is 127. The van der Waals surface area contributed by atoms with Crippen molar-refractivity contribution in [1.29, 1.82) is 0 Å². The van der Waals surface area contributed by atoms with Crippen molar-refractivity contribution in [3.63, 3.8) is 0 Å². The number of halogens is 1. The molecule has 0 bridgehead atoms. The number of ether oxygens (including phenoxy) is 2. The van der Waals surface area contributed by atoms with E-state index >= 15 is 0 Å². The van der Waals surface area contributed by atoms with Crippen molar-refractivity contribution in [2.24, 2.45) is 5.73 Å². The number of hydrogen-bond acceptors (Lipinski definition) is 5. The molecule has 2 aromatic rings. The number of nitrogens with two attached hydrogens (primary N) is 1. The van der Waals surface area contributed by atoms with Gasteiger partial charge in [-0.05, 0) is 61.1 Å². The van der Waals surface area contributed by atoms with Gasteiger partial charge in [-0.15, -0.1) is 0 Å². The summed E-state index contributed by atoms with van der Waals surface area (Å²) in [5.74, 6) is -0.984. The average molecular weight is 684 g/mol. The predicted molar refractivity (Wildman–Crippen MR) is 159 cm³/mol. The van der Waals surface area contributed by atoms with Crippen LogP contribution in [0.2, 0.25) is 0 Å². The minimum Gasteiger partial charge on any atom is -1.00 e. The van der Waals surface area contributed by atoms with Gasteiger partial charge in [0.2, 0.25) is 0 Å². The van der Waals surface area contributed by atoms with Gasteiger partial charge >= 0.3 is 0 Å². The Balaban J connectivity index is 0.000000409. The zero-order chi connectivity index (χ0) is 41.0. The molecule has 2 unspecified atom stereocenters. The third-order valence-corrected chi connectivity index (χ3v) is 8.23. The molecular formula is C33H53IN2O4. The molecule has 4 rings (SSSR count). The summed E-state index contributed by atoms with van der Waals surface area (Å²) in [4.78, 5) is 0. The molecule has 0 heterocycles. The van der Waals surface area contributed by atoms with Crippen LogP contribution in [0.5, 0.6) is 11.5 Å². The van der Waals surface area contributed by atoms with Gasteiger partial charge in [0.15, 0.2) is 0 Å². The van der Waals surface area contributed by atoms with Crippen LogP contribution in [0, 0.1) is 0 Å². The Morgan fingerprint density at radius 3 is 1.50 bits per heavy atom. The fraction of sp³-hybridized carbons (Fsp3) is 0.636. The fourth-order valence-electron chi connectivity index (χ4n) is 6.09. The Kier molecular flexibility index (Phi) is 7.20. The van der Waals surface area contributed by atoms with Gasteiger partial charge < -0.3 is 53.9 Å². The largest absolute Gasteiger partial charge is 1.00 e. The van der Waals surface area contributed by atoms with Crippen LogP contribution < -0.4 is 39.2 Å². The van der Waals surface area contributed by atoms with Crippen molar-refractivity contribution in [2.75, 3.05) is 48.1 Å². The van der Waals surface area contributed by atoms with Gasteiger partial charge in [0.1, 0.15) is 11.5 Å². The molecule has 40 heavy (non-hydrogen) atoms. The van der Waals surface area contributed by atoms with E-state index < -0.39 is 63.2 Å². The SMILES string of the molecule is [2H]C([2H])([2H])Oc1ccc(C(CN)C2(O)CCCCC2)cc1.[2H]C([2H])([2H])Oc1ccc(C(C[N+](C([2H])([2H])[2H])(C([2H])([2H])[2H])C([2H])([2H])[2H])C2(O)CCCCC2)cc1.[I-]. The average Bonchev–Trinajstić information content (AvgIpc) is 3.01. The molecule has 6 nitrogen and oxygen atoms in total. The van der Waals surface area contributed by atoms with E-state index in [0.717, 1.165) is 44.1 Å². The first-order valence-corrected chi connectivity index (χ1v) is 13.7. The quantitative estimate of drug-likeness (QED) is 0.280. The van der Waals surface area contributed by atoms with Crippen LogP contribution in [0.1, 0.15) is 108 Å². The zero-order valence-electron chi connectivity index (χ0n) is 37.9. The normalized spacial score (nSPS) is 26.8. The van der Waals surface area contributed by atoms with E-state index in [1.807, 2.05) is 0 Å². The first kappa shape index (κ1) is 18.3. The lowest BCUT2D eigenvalue weighted by Gasteiger charge is -2.42. The van der Waals surface area contributed by atoms with Gasteiger partial charge in [0.25, 0.3) is 0 Å². The summed E-state index contributed by atoms with van der Waals surface area (Å²) in [5, 5.41) is 22.4. The molecule has 2 saturated carbocycles. The van der Waals surface area contributed by atoms with Crippen molar-refractivity contribution in [3.05, 3.63) is 59.7 Å². The summed E-state index contributed by atoms with van der Waals surface area (Å²) in [7, 11) is -5.14. The van der Waals surface area contributed by atoms with Crippen LogP contribution in [0.15, 0.2) is 48.5 Å². The molecule has 0 radical (unpaired) electrons. The van der Waals surface area contributed by atoms with Crippen LogP contribution >= 0.6 is 0 Å². The molecule has 2 aliphatic carbocycles. The summed E-state index contributed by atoms with van der Waals surface area (Å²) >= 11 is 0. The lowest BCUT2D eigenvalue weighted by molar-refractivity contribution is -0.872. The summed E-state index contributed by atoms with van der Waals surface area (Å²) < 4.78 is 122. The third-order valence-electron chi connectivity index (χ3n) is 8.23. The Hall–Kier alpha value is -1.39. The maximum Gasteiger partial charge on any atom is 0.118 e. The number of quaternary nitrogens is 1. The van der Waals surface area contributed by atoms with E-state index in [1.165, 1.54) is 24.3 Å². The number of rotatable bonds is 9. The lowest BCUT2D eigenvalue weighted by Crippen LogP contribution is -3.00. The Bertz CT molecular complexity index is 1430. The van der Waals surface area contributed by atoms with E-state index in [1.54, 1.807) is 24.3 Å². The third kappa shape index (κ3) is 9.58. The first-order chi connectivity index (χ1) is 24.6. The van der Waals surface area contributed by atoms with Crippen molar-refractivity contribution in [1.82, 2.24) is 0 Å². The lowest BCUT2D eigenvalue weighted by atomic mass is 9.72. The van der Waals surface area contributed by atoms with Gasteiger partial charge in [0.05, 0.1) is 79.2 Å². The van der Waals surface area contributed by atoms with E-state index in [2.05, 4.69) is 0 Å². The van der Waals surface area contributed by atoms with Gasteiger partial charge in [-0.3, -0.25) is 0 Å². The van der Waals surface area contributed by atoms with E-state index in [9.17, 15) is 10.2 Å². The van der Waals surface area contributed by atoms with Crippen molar-refractivity contribution in [3.8, 4) is 11.5 Å². The van der Waals surface area contributed by atoms with Crippen LogP contribution in [0.25, 0.3) is 0 Å². The van der Waals surface area contributed by atoms with Gasteiger partial charge in [-0.25, -0.2) is 0 Å². The maximum absolute atomic E-state index is 11.5. The summed E-state index contributed by atoms with van der Waals surface area (Å²) in [5.41, 5.74) is 4.83. The molecule has 2 fully saturated rings. The molecule has 0 aliphatic heterocycles. The second-order valence-electron chi connectivity index (χ2n) is 11.0. The molecule has 0 aromatic heterocycles. The number of likely N-dealkylation sites (N-methyl/N-ethyl adjacent to an activating group) is 1. The molecular weight excluding hydrogens is 615 g/mol. The van der Waals surface area contributed by atoms with E-state index in [-0.39, 0.29) is 48.5 Å². The van der Waals surface area contributed by atoms with Gasteiger partial charge in [0, 0.05) is 12.5 Å². The minimum atomic E-state index is -3.44. The number of benzene rings is 2. The first-order valence-electron chi connectivity index (χ1n) is 21.2. The molecule has 2 atom stereocenters. The van der Waals surface area contributed by atoms with Crippen LogP contribution in [-0.4, -0.2) is 74.0 Å². The highest BCUT2D eigenvalue weighted by Gasteiger charge is 2.41. The topological polar surface area (TPSA) is 84.9 Å². The smallest absolute Gasteiger partial charge is 0.118 e. The number of hydrogen-bond donors (Lipinski definition) is 3.